The highest BCUT2D eigenvalue weighted by Crippen LogP contribution is 2.49. The van der Waals surface area contributed by atoms with Gasteiger partial charge in [0.2, 0.25) is 5.91 Å². The van der Waals surface area contributed by atoms with Crippen LogP contribution in [0.2, 0.25) is 0 Å². The van der Waals surface area contributed by atoms with Crippen molar-refractivity contribution in [1.29, 1.82) is 0 Å². The molecule has 2 saturated heterocycles. The van der Waals surface area contributed by atoms with E-state index in [1.54, 1.807) is 12.1 Å². The maximum absolute atomic E-state index is 13.4. The van der Waals surface area contributed by atoms with Crippen molar-refractivity contribution in [2.45, 2.75) is 51.7 Å². The summed E-state index contributed by atoms with van der Waals surface area (Å²) in [7, 11) is 0. The number of aliphatic hydroxyl groups excluding tert-OH is 1. The Balaban J connectivity index is 1.71. The molecule has 2 aliphatic heterocycles. The number of hydrazine groups is 1. The number of aliphatic hydroxyl groups is 1. The fraction of sp³-hybridized carbons (Fsp3) is 0.519. The molecular formula is C27H37N3O5. The number of phenolic OH excluding ortho intramolecular Hbond substituents is 1. The molecule has 2 fully saturated rings. The second-order valence-corrected chi connectivity index (χ2v) is 9.60. The Morgan fingerprint density at radius 2 is 1.83 bits per heavy atom. The van der Waals surface area contributed by atoms with E-state index in [-0.39, 0.29) is 36.3 Å². The Morgan fingerprint density at radius 1 is 1.06 bits per heavy atom. The number of aromatic hydroxyl groups is 1. The zero-order chi connectivity index (χ0) is 24.9. The number of hydrogen-bond donors (Lipinski definition) is 4. The number of nitrogens with zero attached hydrogens (tertiary/aromatic N) is 1. The highest BCUT2D eigenvalue weighted by molar-refractivity contribution is 5.86. The Kier molecular flexibility index (Phi) is 8.15. The summed E-state index contributed by atoms with van der Waals surface area (Å²) in [5.41, 5.74) is 8.10. The van der Waals surface area contributed by atoms with Gasteiger partial charge in [-0.15, -0.1) is 0 Å². The van der Waals surface area contributed by atoms with Crippen LogP contribution in [0.3, 0.4) is 0 Å². The van der Waals surface area contributed by atoms with E-state index in [2.05, 4.69) is 24.7 Å². The minimum atomic E-state index is -0.444. The lowest BCUT2D eigenvalue weighted by atomic mass is 9.83. The molecule has 2 aromatic rings. The van der Waals surface area contributed by atoms with Gasteiger partial charge >= 0.3 is 0 Å². The molecule has 0 saturated carbocycles. The number of hydrogen-bond acceptors (Lipinski definition) is 7. The van der Waals surface area contributed by atoms with Gasteiger partial charge in [-0.25, -0.2) is 10.9 Å². The molecular weight excluding hydrogens is 446 g/mol. The number of phenols is 1. The van der Waals surface area contributed by atoms with Crippen LogP contribution >= 0.6 is 0 Å². The van der Waals surface area contributed by atoms with E-state index in [0.29, 0.717) is 43.6 Å². The monoisotopic (exact) mass is 483 g/mol. The summed E-state index contributed by atoms with van der Waals surface area (Å²) in [5.74, 6) is 1.89. The summed E-state index contributed by atoms with van der Waals surface area (Å²) < 4.78 is 12.0. The van der Waals surface area contributed by atoms with E-state index < -0.39 is 6.04 Å². The van der Waals surface area contributed by atoms with Gasteiger partial charge in [0.15, 0.2) is 11.5 Å². The van der Waals surface area contributed by atoms with Crippen molar-refractivity contribution >= 4 is 5.91 Å². The molecule has 0 aromatic heterocycles. The van der Waals surface area contributed by atoms with Crippen LogP contribution in [-0.2, 0) is 4.79 Å². The van der Waals surface area contributed by atoms with Gasteiger partial charge in [-0.2, -0.15) is 0 Å². The van der Waals surface area contributed by atoms with Gasteiger partial charge in [-0.3, -0.25) is 4.79 Å². The molecule has 190 valence electrons. The highest BCUT2D eigenvalue weighted by atomic mass is 16.5. The normalized spacial score (nSPS) is 23.7. The van der Waals surface area contributed by atoms with Crippen molar-refractivity contribution < 1.29 is 24.5 Å². The van der Waals surface area contributed by atoms with Crippen LogP contribution in [0.25, 0.3) is 0 Å². The van der Waals surface area contributed by atoms with Crippen LogP contribution in [0.1, 0.15) is 56.8 Å². The van der Waals surface area contributed by atoms with Crippen molar-refractivity contribution in [2.75, 3.05) is 26.4 Å². The van der Waals surface area contributed by atoms with Crippen LogP contribution in [0.4, 0.5) is 0 Å². The minimum Gasteiger partial charge on any atom is -0.508 e. The molecule has 4 rings (SSSR count). The van der Waals surface area contributed by atoms with E-state index in [0.717, 1.165) is 17.5 Å². The number of para-hydroxylation sites is 1. The molecule has 2 aliphatic rings. The maximum Gasteiger partial charge on any atom is 0.242 e. The number of carbonyl (C=O) groups excluding carboxylic acids is 1. The van der Waals surface area contributed by atoms with Crippen LogP contribution in [0.15, 0.2) is 42.5 Å². The van der Waals surface area contributed by atoms with Crippen LogP contribution in [0.5, 0.6) is 17.2 Å². The number of likely N-dealkylation sites (tertiary alicyclic amines) is 1. The molecule has 8 nitrogen and oxygen atoms in total. The summed E-state index contributed by atoms with van der Waals surface area (Å²) in [6.07, 6.45) is 1.44. The predicted molar refractivity (Wildman–Crippen MR) is 133 cm³/mol. The average Bonchev–Trinajstić information content (AvgIpc) is 3.37. The van der Waals surface area contributed by atoms with E-state index >= 15 is 0 Å². The lowest BCUT2D eigenvalue weighted by Crippen LogP contribution is -2.41. The maximum atomic E-state index is 13.4. The number of benzene rings is 2. The van der Waals surface area contributed by atoms with Crippen molar-refractivity contribution in [3.8, 4) is 17.2 Å². The van der Waals surface area contributed by atoms with Gasteiger partial charge in [0.25, 0.3) is 0 Å². The molecule has 35 heavy (non-hydrogen) atoms. The summed E-state index contributed by atoms with van der Waals surface area (Å²) >= 11 is 0. The predicted octanol–water partition coefficient (Wildman–Crippen LogP) is 3.32. The van der Waals surface area contributed by atoms with Gasteiger partial charge in [0.1, 0.15) is 11.8 Å². The summed E-state index contributed by atoms with van der Waals surface area (Å²) in [5, 5.41) is 20.0. The van der Waals surface area contributed by atoms with Gasteiger partial charge < -0.3 is 24.6 Å². The second-order valence-electron chi connectivity index (χ2n) is 9.60. The van der Waals surface area contributed by atoms with Crippen molar-refractivity contribution in [3.05, 3.63) is 53.6 Å². The molecule has 0 aliphatic carbocycles. The first kappa shape index (κ1) is 25.3. The van der Waals surface area contributed by atoms with Crippen LogP contribution in [0, 0.1) is 11.8 Å². The molecule has 2 aromatic carbocycles. The molecule has 4 N–H and O–H groups in total. The van der Waals surface area contributed by atoms with Gasteiger partial charge in [-0.05, 0) is 49.4 Å². The van der Waals surface area contributed by atoms with Crippen molar-refractivity contribution in [3.63, 3.8) is 0 Å². The van der Waals surface area contributed by atoms with E-state index in [4.69, 9.17) is 9.47 Å². The number of nitrogens with one attached hydrogen (secondary N) is 2. The minimum absolute atomic E-state index is 0.00718. The molecule has 0 radical (unpaired) electrons. The summed E-state index contributed by atoms with van der Waals surface area (Å²) in [6.45, 7) is 7.81. The number of carbonyl (C=O) groups is 1. The number of amides is 1. The molecule has 2 heterocycles. The fourth-order valence-corrected chi connectivity index (χ4v) is 5.11. The topological polar surface area (TPSA) is 103 Å². The summed E-state index contributed by atoms with van der Waals surface area (Å²) in [6, 6.07) is 12.1. The largest absolute Gasteiger partial charge is 0.508 e. The van der Waals surface area contributed by atoms with E-state index in [1.165, 1.54) is 0 Å². The lowest BCUT2D eigenvalue weighted by molar-refractivity contribution is -0.130. The first-order valence-electron chi connectivity index (χ1n) is 12.6. The Bertz CT molecular complexity index is 1010. The fourth-order valence-electron chi connectivity index (χ4n) is 5.11. The number of ether oxygens (including phenoxy) is 2. The van der Waals surface area contributed by atoms with E-state index in [9.17, 15) is 15.0 Å². The smallest absolute Gasteiger partial charge is 0.242 e. The molecule has 0 spiro atoms. The SMILES string of the molecule is CCOc1cc(C2C3C(NNC3c3ccccc3O)C(=O)N2CCCO)ccc1OCCC(C)C. The standard InChI is InChI=1S/C27H37N3O5/c1-4-34-22-16-18(10-11-21(22)35-15-12-17(2)3)26-23-24(19-8-5-6-9-20(19)32)28-29-25(23)27(33)30(26)13-7-14-31/h5-6,8-11,16-17,23-26,28-29,31-32H,4,7,12-15H2,1-3H3. The third kappa shape index (κ3) is 5.24. The molecule has 1 amide bonds. The first-order valence-corrected chi connectivity index (χ1v) is 12.6. The molecule has 0 bridgehead atoms. The Morgan fingerprint density at radius 3 is 2.54 bits per heavy atom. The lowest BCUT2D eigenvalue weighted by Gasteiger charge is -2.32. The van der Waals surface area contributed by atoms with Gasteiger partial charge in [0.05, 0.1) is 25.3 Å². The van der Waals surface area contributed by atoms with Crippen LogP contribution < -0.4 is 20.3 Å². The van der Waals surface area contributed by atoms with Crippen molar-refractivity contribution in [1.82, 2.24) is 15.8 Å². The second kappa shape index (κ2) is 11.3. The van der Waals surface area contributed by atoms with Gasteiger partial charge in [-0.1, -0.05) is 38.1 Å². The highest BCUT2D eigenvalue weighted by Gasteiger charge is 2.55. The van der Waals surface area contributed by atoms with Crippen molar-refractivity contribution in [2.24, 2.45) is 11.8 Å². The number of rotatable bonds is 11. The third-order valence-corrected chi connectivity index (χ3v) is 6.80. The summed E-state index contributed by atoms with van der Waals surface area (Å²) in [4.78, 5) is 15.3. The molecule has 8 heteroatoms. The number of fused-ring (bicyclic) bond motifs is 1. The van der Waals surface area contributed by atoms with Crippen LogP contribution in [-0.4, -0.2) is 53.4 Å². The Hall–Kier alpha value is -2.81. The zero-order valence-corrected chi connectivity index (χ0v) is 20.7. The first-order chi connectivity index (χ1) is 17.0. The zero-order valence-electron chi connectivity index (χ0n) is 20.7. The average molecular weight is 484 g/mol. The third-order valence-electron chi connectivity index (χ3n) is 6.80. The Labute approximate surface area is 207 Å². The van der Waals surface area contributed by atoms with E-state index in [1.807, 2.05) is 42.2 Å². The quantitative estimate of drug-likeness (QED) is 0.389. The molecule has 4 atom stereocenters. The molecule has 4 unspecified atom stereocenters. The van der Waals surface area contributed by atoms with Gasteiger partial charge in [0, 0.05) is 24.6 Å².